The lowest BCUT2D eigenvalue weighted by atomic mass is 9.69. The molecule has 0 N–H and O–H groups in total. The highest BCUT2D eigenvalue weighted by molar-refractivity contribution is 6.63. The van der Waals surface area contributed by atoms with E-state index >= 15 is 0 Å². The second kappa shape index (κ2) is 6.14. The standard InChI is InChI=1S/C22H29BO2/c1-21(2)22(3,4)25-23(24-21)19-15-14-16-10-8-9-13-18(16)20(19)17-11-6-5-7-12-17/h8-10,13-15,17H,5-7,11-12H2,1-4H3. The first-order valence-corrected chi connectivity index (χ1v) is 9.76. The topological polar surface area (TPSA) is 18.5 Å². The number of fused-ring (bicyclic) bond motifs is 1. The van der Waals surface area contributed by atoms with Gasteiger partial charge in [0.1, 0.15) is 0 Å². The van der Waals surface area contributed by atoms with Crippen molar-refractivity contribution in [1.29, 1.82) is 0 Å². The normalized spacial score (nSPS) is 23.3. The van der Waals surface area contributed by atoms with Crippen LogP contribution in [0.2, 0.25) is 0 Å². The van der Waals surface area contributed by atoms with Crippen molar-refractivity contribution in [2.24, 2.45) is 0 Å². The molecule has 25 heavy (non-hydrogen) atoms. The second-order valence-corrected chi connectivity index (χ2v) is 8.71. The summed E-state index contributed by atoms with van der Waals surface area (Å²) in [5, 5.41) is 2.70. The van der Waals surface area contributed by atoms with E-state index in [4.69, 9.17) is 9.31 Å². The first kappa shape index (κ1) is 17.1. The summed E-state index contributed by atoms with van der Waals surface area (Å²) in [4.78, 5) is 0. The van der Waals surface area contributed by atoms with Crippen LogP contribution in [-0.4, -0.2) is 18.3 Å². The summed E-state index contributed by atoms with van der Waals surface area (Å²) in [6.45, 7) is 8.53. The molecule has 0 bridgehead atoms. The summed E-state index contributed by atoms with van der Waals surface area (Å²) < 4.78 is 12.8. The van der Waals surface area contributed by atoms with E-state index in [1.54, 1.807) is 0 Å². The van der Waals surface area contributed by atoms with E-state index in [1.807, 2.05) is 0 Å². The van der Waals surface area contributed by atoms with Gasteiger partial charge in [0.05, 0.1) is 11.2 Å². The Bertz CT molecular complexity index is 759. The van der Waals surface area contributed by atoms with Gasteiger partial charge in [-0.05, 0) is 68.3 Å². The van der Waals surface area contributed by atoms with Crippen molar-refractivity contribution in [2.75, 3.05) is 0 Å². The van der Waals surface area contributed by atoms with Crippen molar-refractivity contribution in [2.45, 2.75) is 76.9 Å². The van der Waals surface area contributed by atoms with Crippen LogP contribution in [0, 0.1) is 0 Å². The molecule has 3 heteroatoms. The highest BCUT2D eigenvalue weighted by Gasteiger charge is 2.52. The molecule has 0 amide bonds. The van der Waals surface area contributed by atoms with E-state index in [1.165, 1.54) is 53.9 Å². The molecule has 1 saturated carbocycles. The molecule has 0 radical (unpaired) electrons. The van der Waals surface area contributed by atoms with Gasteiger partial charge >= 0.3 is 7.12 Å². The van der Waals surface area contributed by atoms with Gasteiger partial charge in [-0.3, -0.25) is 0 Å². The van der Waals surface area contributed by atoms with E-state index in [0.717, 1.165) is 0 Å². The minimum atomic E-state index is -0.298. The third-order valence-electron chi connectivity index (χ3n) is 6.53. The Labute approximate surface area is 152 Å². The maximum atomic E-state index is 6.41. The molecule has 0 atom stereocenters. The fourth-order valence-corrected chi connectivity index (χ4v) is 4.33. The van der Waals surface area contributed by atoms with Gasteiger partial charge < -0.3 is 9.31 Å². The van der Waals surface area contributed by atoms with E-state index in [9.17, 15) is 0 Å². The molecular weight excluding hydrogens is 307 g/mol. The zero-order valence-electron chi connectivity index (χ0n) is 16.0. The predicted octanol–water partition coefficient (Wildman–Crippen LogP) is 5.19. The highest BCUT2D eigenvalue weighted by Crippen LogP contribution is 2.40. The number of hydrogen-bond donors (Lipinski definition) is 0. The summed E-state index contributed by atoms with van der Waals surface area (Å²) in [6, 6.07) is 13.2. The Kier molecular flexibility index (Phi) is 4.20. The average Bonchev–Trinajstić information content (AvgIpc) is 2.82. The third kappa shape index (κ3) is 2.92. The van der Waals surface area contributed by atoms with Gasteiger partial charge in [0.15, 0.2) is 0 Å². The van der Waals surface area contributed by atoms with Gasteiger partial charge in [-0.25, -0.2) is 0 Å². The summed E-state index contributed by atoms with van der Waals surface area (Å²) in [6.07, 6.45) is 6.58. The third-order valence-corrected chi connectivity index (χ3v) is 6.53. The molecule has 2 aromatic rings. The molecule has 2 aromatic carbocycles. The minimum absolute atomic E-state index is 0.272. The summed E-state index contributed by atoms with van der Waals surface area (Å²) in [5.74, 6) is 0.619. The fourth-order valence-electron chi connectivity index (χ4n) is 4.33. The maximum absolute atomic E-state index is 6.41. The number of rotatable bonds is 2. The van der Waals surface area contributed by atoms with Gasteiger partial charge in [0.25, 0.3) is 0 Å². The van der Waals surface area contributed by atoms with Gasteiger partial charge in [-0.2, -0.15) is 0 Å². The quantitative estimate of drug-likeness (QED) is 0.703. The van der Waals surface area contributed by atoms with Gasteiger partial charge in [0, 0.05) is 0 Å². The molecule has 0 aromatic heterocycles. The Morgan fingerprint density at radius 2 is 1.48 bits per heavy atom. The van der Waals surface area contributed by atoms with E-state index in [-0.39, 0.29) is 18.3 Å². The van der Waals surface area contributed by atoms with E-state index in [2.05, 4.69) is 64.1 Å². The van der Waals surface area contributed by atoms with Crippen molar-refractivity contribution >= 4 is 23.4 Å². The highest BCUT2D eigenvalue weighted by atomic mass is 16.7. The van der Waals surface area contributed by atoms with E-state index in [0.29, 0.717) is 5.92 Å². The number of hydrogen-bond acceptors (Lipinski definition) is 2. The van der Waals surface area contributed by atoms with Crippen molar-refractivity contribution in [3.63, 3.8) is 0 Å². The zero-order valence-corrected chi connectivity index (χ0v) is 16.0. The first-order valence-electron chi connectivity index (χ1n) is 9.76. The van der Waals surface area contributed by atoms with Crippen LogP contribution in [0.3, 0.4) is 0 Å². The Morgan fingerprint density at radius 1 is 0.840 bits per heavy atom. The maximum Gasteiger partial charge on any atom is 0.495 e. The minimum Gasteiger partial charge on any atom is -0.399 e. The van der Waals surface area contributed by atoms with Crippen LogP contribution in [0.15, 0.2) is 36.4 Å². The largest absolute Gasteiger partial charge is 0.495 e. The predicted molar refractivity (Wildman–Crippen MR) is 105 cm³/mol. The van der Waals surface area contributed by atoms with Crippen LogP contribution in [-0.2, 0) is 9.31 Å². The van der Waals surface area contributed by atoms with Crippen molar-refractivity contribution in [1.82, 2.24) is 0 Å². The summed E-state index contributed by atoms with van der Waals surface area (Å²) in [7, 11) is -0.272. The molecule has 1 heterocycles. The van der Waals surface area contributed by atoms with Gasteiger partial charge in [-0.15, -0.1) is 0 Å². The van der Waals surface area contributed by atoms with Crippen LogP contribution >= 0.6 is 0 Å². The van der Waals surface area contributed by atoms with Crippen LogP contribution in [0.4, 0.5) is 0 Å². The number of benzene rings is 2. The van der Waals surface area contributed by atoms with Crippen LogP contribution < -0.4 is 5.46 Å². The molecule has 2 nitrogen and oxygen atoms in total. The molecule has 2 aliphatic rings. The fraction of sp³-hybridized carbons (Fsp3) is 0.545. The Hall–Kier alpha value is -1.32. The molecular formula is C22H29BO2. The van der Waals surface area contributed by atoms with Crippen molar-refractivity contribution < 1.29 is 9.31 Å². The Morgan fingerprint density at radius 3 is 2.16 bits per heavy atom. The second-order valence-electron chi connectivity index (χ2n) is 8.71. The summed E-state index contributed by atoms with van der Waals surface area (Å²) in [5.41, 5.74) is 2.11. The lowest BCUT2D eigenvalue weighted by Gasteiger charge is -2.32. The monoisotopic (exact) mass is 336 g/mol. The van der Waals surface area contributed by atoms with Gasteiger partial charge in [-0.1, -0.05) is 55.7 Å². The van der Waals surface area contributed by atoms with Crippen LogP contribution in [0.25, 0.3) is 10.8 Å². The van der Waals surface area contributed by atoms with Crippen LogP contribution in [0.1, 0.15) is 71.3 Å². The molecule has 1 aliphatic heterocycles. The van der Waals surface area contributed by atoms with Crippen LogP contribution in [0.5, 0.6) is 0 Å². The molecule has 4 rings (SSSR count). The average molecular weight is 336 g/mol. The van der Waals surface area contributed by atoms with Gasteiger partial charge in [0.2, 0.25) is 0 Å². The SMILES string of the molecule is CC1(C)OB(c2ccc3ccccc3c2C2CCCCC2)OC1(C)C. The lowest BCUT2D eigenvalue weighted by Crippen LogP contribution is -2.41. The lowest BCUT2D eigenvalue weighted by molar-refractivity contribution is 0.00578. The molecule has 0 spiro atoms. The Balaban J connectivity index is 1.84. The summed E-state index contributed by atoms with van der Waals surface area (Å²) >= 11 is 0. The molecule has 1 aliphatic carbocycles. The molecule has 0 unspecified atom stereocenters. The zero-order chi connectivity index (χ0) is 17.7. The molecule has 1 saturated heterocycles. The smallest absolute Gasteiger partial charge is 0.399 e. The molecule has 2 fully saturated rings. The van der Waals surface area contributed by atoms with Crippen molar-refractivity contribution in [3.05, 3.63) is 42.0 Å². The van der Waals surface area contributed by atoms with Crippen molar-refractivity contribution in [3.8, 4) is 0 Å². The molecule has 132 valence electrons. The first-order chi connectivity index (χ1) is 11.9. The van der Waals surface area contributed by atoms with E-state index < -0.39 is 0 Å².